The van der Waals surface area contributed by atoms with Crippen LogP contribution >= 0.6 is 0 Å². The van der Waals surface area contributed by atoms with Crippen LogP contribution in [-0.2, 0) is 13.0 Å². The molecule has 0 aliphatic carbocycles. The topological polar surface area (TPSA) is 67.2 Å². The second-order valence-electron chi connectivity index (χ2n) is 5.08. The summed E-state index contributed by atoms with van der Waals surface area (Å²) in [7, 11) is 0. The number of fused-ring (bicyclic) bond motifs is 1. The number of benzene rings is 1. The van der Waals surface area contributed by atoms with Crippen LogP contribution in [0.5, 0.6) is 0 Å². The first-order chi connectivity index (χ1) is 9.72. The van der Waals surface area contributed by atoms with E-state index in [0.29, 0.717) is 18.0 Å². The van der Waals surface area contributed by atoms with Crippen molar-refractivity contribution in [1.29, 1.82) is 0 Å². The monoisotopic (exact) mass is 271 g/mol. The van der Waals surface area contributed by atoms with Gasteiger partial charge in [0.1, 0.15) is 5.76 Å². The molecule has 5 nitrogen and oxygen atoms in total. The quantitative estimate of drug-likeness (QED) is 0.886. The van der Waals surface area contributed by atoms with Crippen molar-refractivity contribution >= 4 is 5.91 Å². The first-order valence-electron chi connectivity index (χ1n) is 6.74. The molecule has 0 spiro atoms. The van der Waals surface area contributed by atoms with Crippen molar-refractivity contribution in [3.05, 3.63) is 52.9 Å². The molecule has 0 unspecified atom stereocenters. The molecule has 1 aliphatic heterocycles. The number of carbonyl (C=O) groups excluding carboxylic acids is 1. The van der Waals surface area contributed by atoms with E-state index in [9.17, 15) is 4.79 Å². The van der Waals surface area contributed by atoms with Crippen molar-refractivity contribution in [3.8, 4) is 0 Å². The molecular weight excluding hydrogens is 254 g/mol. The molecule has 2 heterocycles. The lowest BCUT2D eigenvalue weighted by molar-refractivity contribution is 0.0940. The number of aryl methyl sites for hydroxylation is 1. The van der Waals surface area contributed by atoms with Gasteiger partial charge in [-0.25, -0.2) is 0 Å². The molecule has 0 saturated carbocycles. The average molecular weight is 271 g/mol. The Labute approximate surface area is 117 Å². The van der Waals surface area contributed by atoms with Crippen LogP contribution in [0.2, 0.25) is 0 Å². The zero-order chi connectivity index (χ0) is 13.9. The Kier molecular flexibility index (Phi) is 3.52. The van der Waals surface area contributed by atoms with Crippen LogP contribution in [0.15, 0.2) is 34.9 Å². The van der Waals surface area contributed by atoms with Crippen molar-refractivity contribution < 1.29 is 9.32 Å². The average Bonchev–Trinajstić information content (AvgIpc) is 2.91. The number of nitrogens with one attached hydrogen (secondary N) is 2. The zero-order valence-electron chi connectivity index (χ0n) is 11.3. The first-order valence-corrected chi connectivity index (χ1v) is 6.74. The largest absolute Gasteiger partial charge is 0.361 e. The number of rotatable bonds is 3. The van der Waals surface area contributed by atoms with Gasteiger partial charge in [-0.15, -0.1) is 0 Å². The van der Waals surface area contributed by atoms with E-state index in [-0.39, 0.29) is 11.9 Å². The standard InChI is InChI=1S/C15H17N3O2/c1-10-6-14(18-20-10)15(19)17-9-13-7-11-4-2-3-5-12(11)8-16-13/h2-6,13,16H,7-9H2,1H3,(H,17,19)/t13-/m0/s1. The number of aromatic nitrogens is 1. The summed E-state index contributed by atoms with van der Waals surface area (Å²) in [5.41, 5.74) is 3.02. The Morgan fingerprint density at radius 3 is 3.00 bits per heavy atom. The predicted molar refractivity (Wildman–Crippen MR) is 74.3 cm³/mol. The molecule has 0 radical (unpaired) electrons. The smallest absolute Gasteiger partial charge is 0.273 e. The van der Waals surface area contributed by atoms with Gasteiger partial charge in [0.05, 0.1) is 0 Å². The molecule has 2 aromatic rings. The van der Waals surface area contributed by atoms with Gasteiger partial charge in [-0.3, -0.25) is 4.79 Å². The molecule has 0 fully saturated rings. The van der Waals surface area contributed by atoms with Crippen molar-refractivity contribution in [1.82, 2.24) is 15.8 Å². The Morgan fingerprint density at radius 1 is 1.45 bits per heavy atom. The number of amides is 1. The van der Waals surface area contributed by atoms with Gasteiger partial charge >= 0.3 is 0 Å². The second kappa shape index (κ2) is 5.46. The highest BCUT2D eigenvalue weighted by Crippen LogP contribution is 2.15. The molecule has 1 aromatic carbocycles. The van der Waals surface area contributed by atoms with Crippen LogP contribution in [-0.4, -0.2) is 23.7 Å². The van der Waals surface area contributed by atoms with E-state index in [1.54, 1.807) is 13.0 Å². The minimum atomic E-state index is -0.192. The molecule has 0 bridgehead atoms. The Morgan fingerprint density at radius 2 is 2.25 bits per heavy atom. The summed E-state index contributed by atoms with van der Waals surface area (Å²) in [6, 6.07) is 10.3. The molecule has 1 amide bonds. The number of nitrogens with zero attached hydrogens (tertiary/aromatic N) is 1. The molecule has 1 aromatic heterocycles. The maximum atomic E-state index is 11.9. The molecule has 1 atom stereocenters. The molecule has 3 rings (SSSR count). The van der Waals surface area contributed by atoms with Crippen LogP contribution in [0.4, 0.5) is 0 Å². The van der Waals surface area contributed by atoms with E-state index in [0.717, 1.165) is 13.0 Å². The van der Waals surface area contributed by atoms with Gasteiger partial charge in [0.25, 0.3) is 5.91 Å². The van der Waals surface area contributed by atoms with Gasteiger partial charge in [0.15, 0.2) is 5.69 Å². The fourth-order valence-electron chi connectivity index (χ4n) is 2.45. The summed E-state index contributed by atoms with van der Waals surface area (Å²) in [4.78, 5) is 11.9. The fraction of sp³-hybridized carbons (Fsp3) is 0.333. The van der Waals surface area contributed by atoms with E-state index >= 15 is 0 Å². The molecule has 2 N–H and O–H groups in total. The van der Waals surface area contributed by atoms with Crippen LogP contribution < -0.4 is 10.6 Å². The molecule has 0 saturated heterocycles. The van der Waals surface area contributed by atoms with Gasteiger partial charge in [0, 0.05) is 25.2 Å². The maximum Gasteiger partial charge on any atom is 0.273 e. The first kappa shape index (κ1) is 12.9. The molecular formula is C15H17N3O2. The van der Waals surface area contributed by atoms with E-state index in [1.165, 1.54) is 11.1 Å². The number of carbonyl (C=O) groups is 1. The van der Waals surface area contributed by atoms with Gasteiger partial charge < -0.3 is 15.2 Å². The van der Waals surface area contributed by atoms with Gasteiger partial charge in [-0.2, -0.15) is 0 Å². The molecule has 5 heteroatoms. The van der Waals surface area contributed by atoms with Crippen molar-refractivity contribution in [2.24, 2.45) is 0 Å². The van der Waals surface area contributed by atoms with Crippen molar-refractivity contribution in [3.63, 3.8) is 0 Å². The summed E-state index contributed by atoms with van der Waals surface area (Å²) < 4.78 is 4.90. The third kappa shape index (κ3) is 2.72. The normalized spacial score (nSPS) is 17.6. The van der Waals surface area contributed by atoms with Crippen LogP contribution in [0.1, 0.15) is 27.4 Å². The lowest BCUT2D eigenvalue weighted by atomic mass is 9.96. The van der Waals surface area contributed by atoms with E-state index < -0.39 is 0 Å². The summed E-state index contributed by atoms with van der Waals surface area (Å²) in [6.07, 6.45) is 0.925. The van der Waals surface area contributed by atoms with Gasteiger partial charge in [-0.1, -0.05) is 29.4 Å². The lowest BCUT2D eigenvalue weighted by Crippen LogP contribution is -2.44. The maximum absolute atomic E-state index is 11.9. The highest BCUT2D eigenvalue weighted by molar-refractivity contribution is 5.92. The van der Waals surface area contributed by atoms with Crippen LogP contribution in [0, 0.1) is 6.92 Å². The molecule has 20 heavy (non-hydrogen) atoms. The third-order valence-corrected chi connectivity index (χ3v) is 3.54. The summed E-state index contributed by atoms with van der Waals surface area (Å²) in [6.45, 7) is 3.20. The van der Waals surface area contributed by atoms with Gasteiger partial charge in [0.2, 0.25) is 0 Å². The highest BCUT2D eigenvalue weighted by atomic mass is 16.5. The fourth-order valence-corrected chi connectivity index (χ4v) is 2.45. The van der Waals surface area contributed by atoms with Gasteiger partial charge in [-0.05, 0) is 24.5 Å². The van der Waals surface area contributed by atoms with E-state index in [2.05, 4.69) is 40.1 Å². The summed E-state index contributed by atoms with van der Waals surface area (Å²) >= 11 is 0. The Balaban J connectivity index is 1.56. The van der Waals surface area contributed by atoms with Crippen molar-refractivity contribution in [2.75, 3.05) is 6.54 Å². The SMILES string of the molecule is Cc1cc(C(=O)NC[C@@H]2Cc3ccccc3CN2)no1. The summed E-state index contributed by atoms with van der Waals surface area (Å²) in [5.74, 6) is 0.447. The van der Waals surface area contributed by atoms with E-state index in [4.69, 9.17) is 4.52 Å². The van der Waals surface area contributed by atoms with Crippen LogP contribution in [0.25, 0.3) is 0 Å². The Hall–Kier alpha value is -2.14. The minimum Gasteiger partial charge on any atom is -0.361 e. The van der Waals surface area contributed by atoms with Crippen LogP contribution in [0.3, 0.4) is 0 Å². The Bertz CT molecular complexity index is 621. The molecule has 1 aliphatic rings. The number of hydrogen-bond acceptors (Lipinski definition) is 4. The van der Waals surface area contributed by atoms with Crippen molar-refractivity contribution in [2.45, 2.75) is 25.9 Å². The lowest BCUT2D eigenvalue weighted by Gasteiger charge is -2.26. The summed E-state index contributed by atoms with van der Waals surface area (Å²) in [5, 5.41) is 10.0. The number of hydrogen-bond donors (Lipinski definition) is 2. The third-order valence-electron chi connectivity index (χ3n) is 3.54. The zero-order valence-corrected chi connectivity index (χ0v) is 11.3. The second-order valence-corrected chi connectivity index (χ2v) is 5.08. The van der Waals surface area contributed by atoms with E-state index in [1.807, 2.05) is 0 Å². The molecule has 104 valence electrons. The highest BCUT2D eigenvalue weighted by Gasteiger charge is 2.19. The predicted octanol–water partition coefficient (Wildman–Crippen LogP) is 1.43. The minimum absolute atomic E-state index is 0.192.